The molecule has 0 spiro atoms. The van der Waals surface area contributed by atoms with Gasteiger partial charge in [0.25, 0.3) is 5.91 Å². The SMILES string of the molecule is Cc1ccc(C)n1NC(=O)c1ccc(NC(=O)C(c2ccccc2)c2ccccc2)cc1. The Labute approximate surface area is 187 Å². The maximum Gasteiger partial charge on any atom is 0.270 e. The standard InChI is InChI=1S/C27H25N3O2/c1-19-13-14-20(2)30(19)29-26(31)23-15-17-24(18-16-23)28-27(32)25(21-9-5-3-6-10-21)22-11-7-4-8-12-22/h3-18,25H,1-2H3,(H,28,32)(H,29,31). The molecular weight excluding hydrogens is 398 g/mol. The van der Waals surface area contributed by atoms with Gasteiger partial charge in [0.15, 0.2) is 0 Å². The average Bonchev–Trinajstić information content (AvgIpc) is 3.13. The third kappa shape index (κ3) is 4.62. The van der Waals surface area contributed by atoms with E-state index in [4.69, 9.17) is 0 Å². The van der Waals surface area contributed by atoms with Crippen LogP contribution in [-0.4, -0.2) is 16.5 Å². The van der Waals surface area contributed by atoms with E-state index in [2.05, 4.69) is 10.7 Å². The van der Waals surface area contributed by atoms with E-state index in [1.807, 2.05) is 86.6 Å². The number of amides is 2. The van der Waals surface area contributed by atoms with Gasteiger partial charge in [0.2, 0.25) is 5.91 Å². The van der Waals surface area contributed by atoms with Gasteiger partial charge in [0.05, 0.1) is 5.92 Å². The van der Waals surface area contributed by atoms with E-state index >= 15 is 0 Å². The minimum absolute atomic E-state index is 0.127. The average molecular weight is 424 g/mol. The third-order valence-electron chi connectivity index (χ3n) is 5.43. The number of aryl methyl sites for hydroxylation is 2. The Kier molecular flexibility index (Phi) is 6.17. The molecular formula is C27H25N3O2. The van der Waals surface area contributed by atoms with Crippen LogP contribution in [-0.2, 0) is 4.79 Å². The first-order chi connectivity index (χ1) is 15.5. The zero-order valence-corrected chi connectivity index (χ0v) is 18.1. The number of nitrogens with zero attached hydrogens (tertiary/aromatic N) is 1. The smallest absolute Gasteiger partial charge is 0.270 e. The van der Waals surface area contributed by atoms with Gasteiger partial charge in [-0.1, -0.05) is 60.7 Å². The fourth-order valence-electron chi connectivity index (χ4n) is 3.72. The fourth-order valence-corrected chi connectivity index (χ4v) is 3.72. The maximum absolute atomic E-state index is 13.2. The highest BCUT2D eigenvalue weighted by Crippen LogP contribution is 2.26. The molecule has 0 saturated carbocycles. The first kappa shape index (κ1) is 21.1. The molecule has 0 bridgehead atoms. The highest BCUT2D eigenvalue weighted by Gasteiger charge is 2.22. The molecule has 0 atom stereocenters. The lowest BCUT2D eigenvalue weighted by Crippen LogP contribution is -2.25. The number of carbonyl (C=O) groups is 2. The Morgan fingerprint density at radius 3 is 1.69 bits per heavy atom. The van der Waals surface area contributed by atoms with Crippen LogP contribution in [0.4, 0.5) is 5.69 Å². The summed E-state index contributed by atoms with van der Waals surface area (Å²) < 4.78 is 1.75. The van der Waals surface area contributed by atoms with Crippen molar-refractivity contribution < 1.29 is 9.59 Å². The normalized spacial score (nSPS) is 10.7. The molecule has 5 nitrogen and oxygen atoms in total. The van der Waals surface area contributed by atoms with Crippen LogP contribution < -0.4 is 10.7 Å². The van der Waals surface area contributed by atoms with Crippen LogP contribution in [0.5, 0.6) is 0 Å². The van der Waals surface area contributed by atoms with E-state index in [-0.39, 0.29) is 11.8 Å². The summed E-state index contributed by atoms with van der Waals surface area (Å²) in [4.78, 5) is 25.8. The molecule has 3 aromatic carbocycles. The van der Waals surface area contributed by atoms with Gasteiger partial charge >= 0.3 is 0 Å². The minimum Gasteiger partial charge on any atom is -0.325 e. The Hall–Kier alpha value is -4.12. The van der Waals surface area contributed by atoms with Crippen molar-refractivity contribution in [2.75, 3.05) is 10.7 Å². The Bertz CT molecular complexity index is 1150. The lowest BCUT2D eigenvalue weighted by Gasteiger charge is -2.18. The van der Waals surface area contributed by atoms with Crippen molar-refractivity contribution in [1.82, 2.24) is 4.68 Å². The highest BCUT2D eigenvalue weighted by atomic mass is 16.2. The number of hydrogen-bond acceptors (Lipinski definition) is 2. The molecule has 160 valence electrons. The van der Waals surface area contributed by atoms with Gasteiger partial charge in [0, 0.05) is 22.6 Å². The molecule has 0 aliphatic carbocycles. The number of hydrogen-bond donors (Lipinski definition) is 2. The van der Waals surface area contributed by atoms with Crippen molar-refractivity contribution in [2.24, 2.45) is 0 Å². The summed E-state index contributed by atoms with van der Waals surface area (Å²) in [5.41, 5.74) is 7.78. The van der Waals surface area contributed by atoms with Gasteiger partial charge in [-0.3, -0.25) is 19.7 Å². The van der Waals surface area contributed by atoms with Crippen LogP contribution in [0.3, 0.4) is 0 Å². The second kappa shape index (κ2) is 9.35. The van der Waals surface area contributed by atoms with Crippen LogP contribution in [0, 0.1) is 13.8 Å². The maximum atomic E-state index is 13.2. The summed E-state index contributed by atoms with van der Waals surface area (Å²) in [6.07, 6.45) is 0. The quantitative estimate of drug-likeness (QED) is 0.444. The molecule has 0 saturated heterocycles. The zero-order valence-electron chi connectivity index (χ0n) is 18.1. The van der Waals surface area contributed by atoms with Gasteiger partial charge in [0.1, 0.15) is 0 Å². The number of rotatable bonds is 6. The lowest BCUT2D eigenvalue weighted by molar-refractivity contribution is -0.116. The largest absolute Gasteiger partial charge is 0.325 e. The van der Waals surface area contributed by atoms with Crippen molar-refractivity contribution in [2.45, 2.75) is 19.8 Å². The monoisotopic (exact) mass is 423 g/mol. The predicted octanol–water partition coefficient (Wildman–Crippen LogP) is 5.26. The number of aromatic nitrogens is 1. The van der Waals surface area contributed by atoms with Crippen molar-refractivity contribution in [3.8, 4) is 0 Å². The molecule has 1 aromatic heterocycles. The van der Waals surface area contributed by atoms with E-state index in [1.165, 1.54) is 0 Å². The summed E-state index contributed by atoms with van der Waals surface area (Å²) in [7, 11) is 0. The molecule has 4 aromatic rings. The van der Waals surface area contributed by atoms with Crippen molar-refractivity contribution in [1.29, 1.82) is 0 Å². The second-order valence-electron chi connectivity index (χ2n) is 7.71. The summed E-state index contributed by atoms with van der Waals surface area (Å²) in [6, 6.07) is 30.2. The van der Waals surface area contributed by atoms with Crippen LogP contribution in [0.2, 0.25) is 0 Å². The minimum atomic E-state index is -0.430. The summed E-state index contributed by atoms with van der Waals surface area (Å²) in [5, 5.41) is 2.99. The number of anilines is 1. The number of benzene rings is 3. The second-order valence-corrected chi connectivity index (χ2v) is 7.71. The summed E-state index contributed by atoms with van der Waals surface area (Å²) in [6.45, 7) is 3.86. The molecule has 0 fully saturated rings. The van der Waals surface area contributed by atoms with Gasteiger partial charge in [-0.2, -0.15) is 0 Å². The van der Waals surface area contributed by atoms with E-state index in [0.717, 1.165) is 22.5 Å². The van der Waals surface area contributed by atoms with E-state index in [9.17, 15) is 9.59 Å². The van der Waals surface area contributed by atoms with Crippen molar-refractivity contribution >= 4 is 17.5 Å². The first-order valence-corrected chi connectivity index (χ1v) is 10.5. The van der Waals surface area contributed by atoms with Gasteiger partial charge in [-0.25, -0.2) is 0 Å². The molecule has 32 heavy (non-hydrogen) atoms. The molecule has 1 heterocycles. The topological polar surface area (TPSA) is 63.1 Å². The van der Waals surface area contributed by atoms with Crippen molar-refractivity contribution in [3.63, 3.8) is 0 Å². The van der Waals surface area contributed by atoms with Crippen LogP contribution in [0.1, 0.15) is 38.8 Å². The van der Waals surface area contributed by atoms with Gasteiger partial charge in [-0.05, 0) is 61.4 Å². The lowest BCUT2D eigenvalue weighted by atomic mass is 9.90. The van der Waals surface area contributed by atoms with E-state index in [1.54, 1.807) is 28.9 Å². The molecule has 0 radical (unpaired) electrons. The van der Waals surface area contributed by atoms with E-state index in [0.29, 0.717) is 11.3 Å². The number of carbonyl (C=O) groups excluding carboxylic acids is 2. The highest BCUT2D eigenvalue weighted by molar-refractivity contribution is 6.01. The molecule has 5 heteroatoms. The van der Waals surface area contributed by atoms with Gasteiger partial charge in [-0.15, -0.1) is 0 Å². The Morgan fingerprint density at radius 2 is 1.19 bits per heavy atom. The Balaban J connectivity index is 1.50. The molecule has 0 aliphatic rings. The molecule has 2 N–H and O–H groups in total. The fraction of sp³-hybridized carbons (Fsp3) is 0.111. The third-order valence-corrected chi connectivity index (χ3v) is 5.43. The zero-order chi connectivity index (χ0) is 22.5. The van der Waals surface area contributed by atoms with Crippen LogP contribution in [0.25, 0.3) is 0 Å². The summed E-state index contributed by atoms with van der Waals surface area (Å²) >= 11 is 0. The molecule has 4 rings (SSSR count). The molecule has 0 unspecified atom stereocenters. The Morgan fingerprint density at radius 1 is 0.688 bits per heavy atom. The van der Waals surface area contributed by atoms with Crippen LogP contribution in [0.15, 0.2) is 97.1 Å². The predicted molar refractivity (Wildman–Crippen MR) is 127 cm³/mol. The van der Waals surface area contributed by atoms with E-state index < -0.39 is 5.92 Å². The first-order valence-electron chi connectivity index (χ1n) is 10.5. The summed E-state index contributed by atoms with van der Waals surface area (Å²) in [5.74, 6) is -0.769. The number of nitrogens with one attached hydrogen (secondary N) is 2. The van der Waals surface area contributed by atoms with Crippen LogP contribution >= 0.6 is 0 Å². The molecule has 2 amide bonds. The van der Waals surface area contributed by atoms with Gasteiger partial charge < -0.3 is 5.32 Å². The van der Waals surface area contributed by atoms with Crippen molar-refractivity contribution in [3.05, 3.63) is 125 Å². The molecule has 0 aliphatic heterocycles.